The molecular formula is C13H17N. The number of hydrogen-bond acceptors (Lipinski definition) is 1. The molecule has 1 heterocycles. The van der Waals surface area contributed by atoms with Crippen LogP contribution in [-0.4, -0.2) is 12.3 Å². The smallest absolute Gasteiger partial charge is 0.0388 e. The molecule has 1 nitrogen and oxygen atoms in total. The molecule has 1 aliphatic heterocycles. The predicted molar refractivity (Wildman–Crippen MR) is 60.9 cm³/mol. The highest BCUT2D eigenvalue weighted by Crippen LogP contribution is 2.11. The van der Waals surface area contributed by atoms with Crippen LogP contribution in [0.4, 0.5) is 0 Å². The third-order valence-corrected chi connectivity index (χ3v) is 2.75. The van der Waals surface area contributed by atoms with Crippen LogP contribution in [0.2, 0.25) is 0 Å². The lowest BCUT2D eigenvalue weighted by Gasteiger charge is -2.11. The number of benzene rings is 1. The van der Waals surface area contributed by atoms with Crippen molar-refractivity contribution < 1.29 is 0 Å². The fourth-order valence-corrected chi connectivity index (χ4v) is 1.89. The topological polar surface area (TPSA) is 12.4 Å². The molecule has 0 saturated heterocycles. The van der Waals surface area contributed by atoms with E-state index in [1.807, 2.05) is 0 Å². The van der Waals surface area contributed by atoms with E-state index in [0.717, 1.165) is 19.4 Å². The van der Waals surface area contributed by atoms with E-state index in [1.165, 1.54) is 30.5 Å². The zero-order chi connectivity index (χ0) is 9.64. The lowest BCUT2D eigenvalue weighted by Crippen LogP contribution is -2.07. The molecule has 2 rings (SSSR count). The third-order valence-electron chi connectivity index (χ3n) is 2.75. The number of aliphatic imine (C=N–C) groups is 1. The first-order chi connectivity index (χ1) is 6.95. The summed E-state index contributed by atoms with van der Waals surface area (Å²) >= 11 is 0. The fraction of sp³-hybridized carbons (Fsp3) is 0.462. The number of nitrogens with zero attached hydrogens (tertiary/aromatic N) is 1. The Balaban J connectivity index is 1.85. The Hall–Kier alpha value is -1.11. The summed E-state index contributed by atoms with van der Waals surface area (Å²) in [5, 5.41) is 0. The van der Waals surface area contributed by atoms with Crippen LogP contribution in [0.1, 0.15) is 31.2 Å². The van der Waals surface area contributed by atoms with E-state index in [2.05, 4.69) is 35.3 Å². The van der Waals surface area contributed by atoms with Crippen molar-refractivity contribution in [3.63, 3.8) is 0 Å². The minimum atomic E-state index is 1.06. The molecule has 1 heteroatoms. The van der Waals surface area contributed by atoms with Crippen molar-refractivity contribution in [3.8, 4) is 0 Å². The molecule has 0 saturated carbocycles. The Bertz CT molecular complexity index is 300. The van der Waals surface area contributed by atoms with E-state index >= 15 is 0 Å². The highest BCUT2D eigenvalue weighted by atomic mass is 14.7. The van der Waals surface area contributed by atoms with Gasteiger partial charge in [0, 0.05) is 12.3 Å². The monoisotopic (exact) mass is 187 g/mol. The van der Waals surface area contributed by atoms with Gasteiger partial charge in [0.15, 0.2) is 0 Å². The summed E-state index contributed by atoms with van der Waals surface area (Å²) in [5.74, 6) is 0. The van der Waals surface area contributed by atoms with Crippen molar-refractivity contribution in [1.29, 1.82) is 0 Å². The van der Waals surface area contributed by atoms with Crippen molar-refractivity contribution in [2.75, 3.05) is 6.54 Å². The molecular weight excluding hydrogens is 170 g/mol. The highest BCUT2D eigenvalue weighted by Gasteiger charge is 2.04. The summed E-state index contributed by atoms with van der Waals surface area (Å²) in [4.78, 5) is 4.56. The molecule has 0 radical (unpaired) electrons. The first kappa shape index (κ1) is 9.45. The van der Waals surface area contributed by atoms with Crippen molar-refractivity contribution in [2.24, 2.45) is 4.99 Å². The second kappa shape index (κ2) is 4.94. The van der Waals surface area contributed by atoms with Gasteiger partial charge < -0.3 is 0 Å². The molecule has 0 aromatic heterocycles. The summed E-state index contributed by atoms with van der Waals surface area (Å²) < 4.78 is 0. The molecule has 0 N–H and O–H groups in total. The van der Waals surface area contributed by atoms with Gasteiger partial charge >= 0.3 is 0 Å². The molecule has 0 unspecified atom stereocenters. The quantitative estimate of drug-likeness (QED) is 0.689. The van der Waals surface area contributed by atoms with Crippen molar-refractivity contribution in [3.05, 3.63) is 35.9 Å². The van der Waals surface area contributed by atoms with Gasteiger partial charge in [-0.1, -0.05) is 30.3 Å². The standard InChI is InChI=1S/C13H17N/c1-2-6-12(7-3-1)9-10-13-8-4-5-11-14-13/h1-3,6-7H,4-5,8-11H2. The summed E-state index contributed by atoms with van der Waals surface area (Å²) in [6.45, 7) is 1.06. The van der Waals surface area contributed by atoms with Crippen LogP contribution in [0.25, 0.3) is 0 Å². The van der Waals surface area contributed by atoms with E-state index < -0.39 is 0 Å². The van der Waals surface area contributed by atoms with Gasteiger partial charge in [0.2, 0.25) is 0 Å². The van der Waals surface area contributed by atoms with Gasteiger partial charge in [0.1, 0.15) is 0 Å². The van der Waals surface area contributed by atoms with E-state index in [-0.39, 0.29) is 0 Å². The Morgan fingerprint density at radius 2 is 1.86 bits per heavy atom. The maximum absolute atomic E-state index is 4.56. The maximum atomic E-state index is 4.56. The Morgan fingerprint density at radius 1 is 1.00 bits per heavy atom. The van der Waals surface area contributed by atoms with Crippen molar-refractivity contribution in [2.45, 2.75) is 32.1 Å². The molecule has 0 atom stereocenters. The minimum absolute atomic E-state index is 1.06. The maximum Gasteiger partial charge on any atom is 0.0388 e. The Labute approximate surface area is 85.9 Å². The average molecular weight is 187 g/mol. The molecule has 0 fully saturated rings. The van der Waals surface area contributed by atoms with Crippen LogP contribution in [0.5, 0.6) is 0 Å². The second-order valence-corrected chi connectivity index (χ2v) is 3.89. The molecule has 0 spiro atoms. The van der Waals surface area contributed by atoms with Crippen LogP contribution < -0.4 is 0 Å². The van der Waals surface area contributed by atoms with Gasteiger partial charge in [-0.15, -0.1) is 0 Å². The molecule has 0 aliphatic carbocycles. The minimum Gasteiger partial charge on any atom is -0.294 e. The van der Waals surface area contributed by atoms with E-state index in [0.29, 0.717) is 0 Å². The number of rotatable bonds is 3. The van der Waals surface area contributed by atoms with E-state index in [4.69, 9.17) is 0 Å². The summed E-state index contributed by atoms with van der Waals surface area (Å²) in [5.41, 5.74) is 2.86. The van der Waals surface area contributed by atoms with Crippen LogP contribution >= 0.6 is 0 Å². The van der Waals surface area contributed by atoms with E-state index in [9.17, 15) is 0 Å². The molecule has 74 valence electrons. The van der Waals surface area contributed by atoms with Crippen molar-refractivity contribution in [1.82, 2.24) is 0 Å². The molecule has 0 bridgehead atoms. The van der Waals surface area contributed by atoms with Crippen LogP contribution in [0, 0.1) is 0 Å². The zero-order valence-corrected chi connectivity index (χ0v) is 8.58. The number of aryl methyl sites for hydroxylation is 1. The highest BCUT2D eigenvalue weighted by molar-refractivity contribution is 5.85. The third kappa shape index (κ3) is 2.69. The zero-order valence-electron chi connectivity index (χ0n) is 8.58. The lowest BCUT2D eigenvalue weighted by atomic mass is 10.0. The summed E-state index contributed by atoms with van der Waals surface area (Å²) in [6, 6.07) is 10.7. The lowest BCUT2D eigenvalue weighted by molar-refractivity contribution is 0.723. The Kier molecular flexibility index (Phi) is 3.33. The predicted octanol–water partition coefficient (Wildman–Crippen LogP) is 3.24. The largest absolute Gasteiger partial charge is 0.294 e. The molecule has 0 amide bonds. The van der Waals surface area contributed by atoms with Gasteiger partial charge in [-0.25, -0.2) is 0 Å². The number of hydrogen-bond donors (Lipinski definition) is 0. The van der Waals surface area contributed by atoms with Crippen LogP contribution in [0.3, 0.4) is 0 Å². The summed E-state index contributed by atoms with van der Waals surface area (Å²) in [7, 11) is 0. The first-order valence-corrected chi connectivity index (χ1v) is 5.51. The molecule has 14 heavy (non-hydrogen) atoms. The van der Waals surface area contributed by atoms with Crippen LogP contribution in [0.15, 0.2) is 35.3 Å². The van der Waals surface area contributed by atoms with Gasteiger partial charge in [0.05, 0.1) is 0 Å². The fourth-order valence-electron chi connectivity index (χ4n) is 1.89. The molecule has 1 aliphatic rings. The molecule has 1 aromatic rings. The normalized spacial score (nSPS) is 16.4. The first-order valence-electron chi connectivity index (χ1n) is 5.51. The van der Waals surface area contributed by atoms with Crippen molar-refractivity contribution >= 4 is 5.71 Å². The van der Waals surface area contributed by atoms with Gasteiger partial charge in [-0.3, -0.25) is 4.99 Å². The second-order valence-electron chi connectivity index (χ2n) is 3.89. The molecule has 1 aromatic carbocycles. The average Bonchev–Trinajstić information content (AvgIpc) is 2.29. The summed E-state index contributed by atoms with van der Waals surface area (Å²) in [6.07, 6.45) is 6.17. The van der Waals surface area contributed by atoms with E-state index in [1.54, 1.807) is 0 Å². The Morgan fingerprint density at radius 3 is 2.57 bits per heavy atom. The van der Waals surface area contributed by atoms with Gasteiger partial charge in [-0.2, -0.15) is 0 Å². The van der Waals surface area contributed by atoms with Crippen LogP contribution in [-0.2, 0) is 6.42 Å². The van der Waals surface area contributed by atoms with Gasteiger partial charge in [0.25, 0.3) is 0 Å². The SMILES string of the molecule is c1ccc(CCC2=NCCCC2)cc1. The van der Waals surface area contributed by atoms with Gasteiger partial charge in [-0.05, 0) is 37.7 Å².